The molecule has 4 heteroatoms. The van der Waals surface area contributed by atoms with Gasteiger partial charge in [0.15, 0.2) is 0 Å². The van der Waals surface area contributed by atoms with E-state index in [0.717, 1.165) is 6.42 Å². The summed E-state index contributed by atoms with van der Waals surface area (Å²) >= 11 is 0. The minimum atomic E-state index is -0.628. The quantitative estimate of drug-likeness (QED) is 0.812. The minimum Gasteiger partial charge on any atom is -0.494 e. The monoisotopic (exact) mass is 251 g/mol. The van der Waals surface area contributed by atoms with E-state index in [1.165, 1.54) is 0 Å². The Morgan fingerprint density at radius 1 is 1.44 bits per heavy atom. The Morgan fingerprint density at radius 2 is 2.17 bits per heavy atom. The second-order valence-corrected chi connectivity index (χ2v) is 4.87. The summed E-state index contributed by atoms with van der Waals surface area (Å²) in [5.41, 5.74) is -0.0951. The summed E-state index contributed by atoms with van der Waals surface area (Å²) in [5.74, 6) is 0.474. The van der Waals surface area contributed by atoms with Crippen LogP contribution in [0.15, 0.2) is 24.3 Å². The molecule has 0 atom stereocenters. The SMILES string of the molecule is CCCOc1cccc(C(=O)NC(C)(C)CO)c1. The molecule has 0 aliphatic rings. The van der Waals surface area contributed by atoms with Gasteiger partial charge in [-0.2, -0.15) is 0 Å². The Balaban J connectivity index is 2.74. The average molecular weight is 251 g/mol. The van der Waals surface area contributed by atoms with E-state index in [1.54, 1.807) is 32.0 Å². The van der Waals surface area contributed by atoms with Crippen LogP contribution in [0.1, 0.15) is 37.6 Å². The third-order valence-corrected chi connectivity index (χ3v) is 2.42. The minimum absolute atomic E-state index is 0.106. The van der Waals surface area contributed by atoms with Crippen molar-refractivity contribution in [2.24, 2.45) is 0 Å². The summed E-state index contributed by atoms with van der Waals surface area (Å²) in [5, 5.41) is 11.9. The third-order valence-electron chi connectivity index (χ3n) is 2.42. The Labute approximate surface area is 108 Å². The molecule has 1 aromatic carbocycles. The molecule has 1 aromatic rings. The van der Waals surface area contributed by atoms with Crippen LogP contribution >= 0.6 is 0 Å². The van der Waals surface area contributed by atoms with Gasteiger partial charge in [-0.1, -0.05) is 13.0 Å². The number of amides is 1. The van der Waals surface area contributed by atoms with Gasteiger partial charge in [0.05, 0.1) is 18.8 Å². The number of nitrogens with one attached hydrogen (secondary N) is 1. The van der Waals surface area contributed by atoms with Gasteiger partial charge in [-0.25, -0.2) is 0 Å². The molecule has 1 rings (SSSR count). The second-order valence-electron chi connectivity index (χ2n) is 4.87. The summed E-state index contributed by atoms with van der Waals surface area (Å²) in [7, 11) is 0. The smallest absolute Gasteiger partial charge is 0.251 e. The van der Waals surface area contributed by atoms with Crippen molar-refractivity contribution in [1.82, 2.24) is 5.32 Å². The van der Waals surface area contributed by atoms with Crippen molar-refractivity contribution in [3.8, 4) is 5.75 Å². The number of carbonyl (C=O) groups is 1. The van der Waals surface area contributed by atoms with Crippen LogP contribution in [0.5, 0.6) is 5.75 Å². The number of carbonyl (C=O) groups excluding carboxylic acids is 1. The molecule has 0 aliphatic heterocycles. The van der Waals surface area contributed by atoms with E-state index in [0.29, 0.717) is 17.9 Å². The van der Waals surface area contributed by atoms with Crippen LogP contribution in [0.25, 0.3) is 0 Å². The van der Waals surface area contributed by atoms with E-state index in [1.807, 2.05) is 13.0 Å². The molecule has 1 amide bonds. The highest BCUT2D eigenvalue weighted by Crippen LogP contribution is 2.14. The second kappa shape index (κ2) is 6.40. The number of aliphatic hydroxyl groups excluding tert-OH is 1. The Morgan fingerprint density at radius 3 is 2.78 bits per heavy atom. The van der Waals surface area contributed by atoms with Crippen molar-refractivity contribution >= 4 is 5.91 Å². The molecular weight excluding hydrogens is 230 g/mol. The topological polar surface area (TPSA) is 58.6 Å². The fraction of sp³-hybridized carbons (Fsp3) is 0.500. The first kappa shape index (κ1) is 14.5. The predicted octanol–water partition coefficient (Wildman–Crippen LogP) is 1.98. The van der Waals surface area contributed by atoms with Crippen LogP contribution in [0.2, 0.25) is 0 Å². The van der Waals surface area contributed by atoms with Gasteiger partial charge in [-0.05, 0) is 38.5 Å². The van der Waals surface area contributed by atoms with Gasteiger partial charge in [-0.15, -0.1) is 0 Å². The normalized spacial score (nSPS) is 11.1. The summed E-state index contributed by atoms with van der Waals surface area (Å²) in [6, 6.07) is 7.04. The van der Waals surface area contributed by atoms with Crippen LogP contribution in [-0.4, -0.2) is 29.8 Å². The Kier molecular flexibility index (Phi) is 5.16. The third kappa shape index (κ3) is 4.37. The fourth-order valence-electron chi connectivity index (χ4n) is 1.37. The molecule has 0 saturated carbocycles. The first-order chi connectivity index (χ1) is 8.48. The molecule has 0 aromatic heterocycles. The summed E-state index contributed by atoms with van der Waals surface area (Å²) in [6.07, 6.45) is 0.925. The lowest BCUT2D eigenvalue weighted by molar-refractivity contribution is 0.0869. The lowest BCUT2D eigenvalue weighted by Gasteiger charge is -2.23. The largest absolute Gasteiger partial charge is 0.494 e. The van der Waals surface area contributed by atoms with Crippen LogP contribution in [-0.2, 0) is 0 Å². The maximum absolute atomic E-state index is 12.0. The van der Waals surface area contributed by atoms with Crippen molar-refractivity contribution in [2.75, 3.05) is 13.2 Å². The molecule has 0 fully saturated rings. The van der Waals surface area contributed by atoms with Crippen molar-refractivity contribution in [3.63, 3.8) is 0 Å². The molecular formula is C14H21NO3. The zero-order valence-electron chi connectivity index (χ0n) is 11.2. The molecule has 2 N–H and O–H groups in total. The predicted molar refractivity (Wildman–Crippen MR) is 70.9 cm³/mol. The van der Waals surface area contributed by atoms with E-state index >= 15 is 0 Å². The Hall–Kier alpha value is -1.55. The number of rotatable bonds is 6. The summed E-state index contributed by atoms with van der Waals surface area (Å²) in [6.45, 7) is 6.09. The number of hydrogen-bond acceptors (Lipinski definition) is 3. The van der Waals surface area contributed by atoms with Gasteiger partial charge in [0, 0.05) is 5.56 Å². The molecule has 0 radical (unpaired) electrons. The van der Waals surface area contributed by atoms with Crippen molar-refractivity contribution in [1.29, 1.82) is 0 Å². The molecule has 0 aliphatic carbocycles. The maximum atomic E-state index is 12.0. The van der Waals surface area contributed by atoms with Crippen LogP contribution in [0.3, 0.4) is 0 Å². The van der Waals surface area contributed by atoms with E-state index < -0.39 is 5.54 Å². The molecule has 0 saturated heterocycles. The molecule has 0 heterocycles. The lowest BCUT2D eigenvalue weighted by atomic mass is 10.1. The Bertz CT molecular complexity index is 402. The van der Waals surface area contributed by atoms with Crippen molar-refractivity contribution in [3.05, 3.63) is 29.8 Å². The summed E-state index contributed by atoms with van der Waals surface area (Å²) < 4.78 is 5.47. The zero-order chi connectivity index (χ0) is 13.6. The number of aliphatic hydroxyl groups is 1. The van der Waals surface area contributed by atoms with Crippen molar-refractivity contribution in [2.45, 2.75) is 32.7 Å². The van der Waals surface area contributed by atoms with E-state index in [2.05, 4.69) is 5.32 Å². The molecule has 0 bridgehead atoms. The lowest BCUT2D eigenvalue weighted by Crippen LogP contribution is -2.46. The van der Waals surface area contributed by atoms with E-state index in [9.17, 15) is 4.79 Å². The standard InChI is InChI=1S/C14H21NO3/c1-4-8-18-12-7-5-6-11(9-12)13(17)15-14(2,3)10-16/h5-7,9,16H,4,8,10H2,1-3H3,(H,15,17). The molecule has 100 valence electrons. The van der Waals surface area contributed by atoms with E-state index in [4.69, 9.17) is 9.84 Å². The number of benzene rings is 1. The van der Waals surface area contributed by atoms with E-state index in [-0.39, 0.29) is 12.5 Å². The highest BCUT2D eigenvalue weighted by Gasteiger charge is 2.20. The van der Waals surface area contributed by atoms with Crippen LogP contribution < -0.4 is 10.1 Å². The maximum Gasteiger partial charge on any atom is 0.251 e. The average Bonchev–Trinajstić information content (AvgIpc) is 2.36. The van der Waals surface area contributed by atoms with Gasteiger partial charge >= 0.3 is 0 Å². The van der Waals surface area contributed by atoms with Gasteiger partial charge in [0.2, 0.25) is 0 Å². The van der Waals surface area contributed by atoms with Gasteiger partial charge < -0.3 is 15.2 Å². The van der Waals surface area contributed by atoms with Gasteiger partial charge in [-0.3, -0.25) is 4.79 Å². The van der Waals surface area contributed by atoms with Crippen LogP contribution in [0.4, 0.5) is 0 Å². The van der Waals surface area contributed by atoms with Gasteiger partial charge in [0.1, 0.15) is 5.75 Å². The molecule has 4 nitrogen and oxygen atoms in total. The number of hydrogen-bond donors (Lipinski definition) is 2. The van der Waals surface area contributed by atoms with Crippen molar-refractivity contribution < 1.29 is 14.6 Å². The van der Waals surface area contributed by atoms with Crippen LogP contribution in [0, 0.1) is 0 Å². The highest BCUT2D eigenvalue weighted by atomic mass is 16.5. The first-order valence-electron chi connectivity index (χ1n) is 6.15. The zero-order valence-corrected chi connectivity index (χ0v) is 11.2. The fourth-order valence-corrected chi connectivity index (χ4v) is 1.37. The van der Waals surface area contributed by atoms with Gasteiger partial charge in [0.25, 0.3) is 5.91 Å². The molecule has 18 heavy (non-hydrogen) atoms. The highest BCUT2D eigenvalue weighted by molar-refractivity contribution is 5.95. The first-order valence-corrected chi connectivity index (χ1v) is 6.15. The molecule has 0 unspecified atom stereocenters. The molecule has 0 spiro atoms. The number of ether oxygens (including phenoxy) is 1. The summed E-state index contributed by atoms with van der Waals surface area (Å²) in [4.78, 5) is 12.0.